The molecule has 7 heteroatoms. The second-order valence-electron chi connectivity index (χ2n) is 5.12. The van der Waals surface area contributed by atoms with Gasteiger partial charge in [0.05, 0.1) is 11.8 Å². The van der Waals surface area contributed by atoms with E-state index in [-0.39, 0.29) is 5.91 Å². The zero-order chi connectivity index (χ0) is 14.0. The topological polar surface area (TPSA) is 83.7 Å². The normalized spacial score (nSPS) is 21.7. The molecule has 1 aliphatic rings. The quantitative estimate of drug-likeness (QED) is 0.758. The summed E-state index contributed by atoms with van der Waals surface area (Å²) in [5, 5.41) is 0. The SMILES string of the molecule is CCCC(C)(N)C(=O)N1CCN(S(C)(=O)=O)CC1. The number of amides is 1. The fourth-order valence-corrected chi connectivity index (χ4v) is 3.04. The van der Waals surface area contributed by atoms with Crippen molar-refractivity contribution in [2.45, 2.75) is 32.2 Å². The van der Waals surface area contributed by atoms with Gasteiger partial charge in [0.1, 0.15) is 0 Å². The number of rotatable bonds is 4. The van der Waals surface area contributed by atoms with Crippen molar-refractivity contribution in [1.29, 1.82) is 0 Å². The fraction of sp³-hybridized carbons (Fsp3) is 0.909. The van der Waals surface area contributed by atoms with Gasteiger partial charge in [0.25, 0.3) is 0 Å². The van der Waals surface area contributed by atoms with Gasteiger partial charge in [-0.3, -0.25) is 4.79 Å². The van der Waals surface area contributed by atoms with Crippen LogP contribution < -0.4 is 5.73 Å². The molecule has 0 spiro atoms. The van der Waals surface area contributed by atoms with Crippen LogP contribution in [0.15, 0.2) is 0 Å². The van der Waals surface area contributed by atoms with Gasteiger partial charge < -0.3 is 10.6 Å². The Hall–Kier alpha value is -0.660. The smallest absolute Gasteiger partial charge is 0.242 e. The van der Waals surface area contributed by atoms with E-state index in [0.29, 0.717) is 32.6 Å². The first-order chi connectivity index (χ1) is 8.18. The van der Waals surface area contributed by atoms with Crippen LogP contribution in [0.3, 0.4) is 0 Å². The maximum absolute atomic E-state index is 12.2. The Morgan fingerprint density at radius 1 is 1.28 bits per heavy atom. The zero-order valence-electron chi connectivity index (χ0n) is 11.3. The zero-order valence-corrected chi connectivity index (χ0v) is 12.2. The first-order valence-electron chi connectivity index (χ1n) is 6.22. The first kappa shape index (κ1) is 15.4. The van der Waals surface area contributed by atoms with E-state index < -0.39 is 15.6 Å². The van der Waals surface area contributed by atoms with Gasteiger partial charge >= 0.3 is 0 Å². The maximum Gasteiger partial charge on any atom is 0.242 e. The molecule has 106 valence electrons. The van der Waals surface area contributed by atoms with Crippen LogP contribution in [0.2, 0.25) is 0 Å². The summed E-state index contributed by atoms with van der Waals surface area (Å²) in [7, 11) is -3.16. The van der Waals surface area contributed by atoms with Crippen LogP contribution in [-0.4, -0.2) is 61.5 Å². The summed E-state index contributed by atoms with van der Waals surface area (Å²) in [6.45, 7) is 5.27. The van der Waals surface area contributed by atoms with Crippen LogP contribution in [0.5, 0.6) is 0 Å². The Kier molecular flexibility index (Phi) is 4.74. The summed E-state index contributed by atoms with van der Waals surface area (Å²) < 4.78 is 24.1. The van der Waals surface area contributed by atoms with Crippen LogP contribution >= 0.6 is 0 Å². The average Bonchev–Trinajstić information content (AvgIpc) is 2.27. The number of piperazine rings is 1. The van der Waals surface area contributed by atoms with Crippen molar-refractivity contribution in [3.05, 3.63) is 0 Å². The molecule has 1 atom stereocenters. The molecule has 0 saturated carbocycles. The molecule has 1 aliphatic heterocycles. The highest BCUT2D eigenvalue weighted by molar-refractivity contribution is 7.88. The van der Waals surface area contributed by atoms with Gasteiger partial charge in [-0.05, 0) is 13.3 Å². The van der Waals surface area contributed by atoms with E-state index in [0.717, 1.165) is 6.42 Å². The van der Waals surface area contributed by atoms with E-state index >= 15 is 0 Å². The van der Waals surface area contributed by atoms with Crippen LogP contribution in [0.4, 0.5) is 0 Å². The predicted molar refractivity (Wildman–Crippen MR) is 70.5 cm³/mol. The van der Waals surface area contributed by atoms with Gasteiger partial charge in [0.2, 0.25) is 15.9 Å². The van der Waals surface area contributed by atoms with Gasteiger partial charge in [-0.15, -0.1) is 0 Å². The van der Waals surface area contributed by atoms with Gasteiger partial charge in [0, 0.05) is 26.2 Å². The predicted octanol–water partition coefficient (Wildman–Crippen LogP) is -0.392. The second kappa shape index (κ2) is 5.54. The lowest BCUT2D eigenvalue weighted by Gasteiger charge is -2.37. The molecular formula is C11H23N3O3S. The number of nitrogens with two attached hydrogens (primary N) is 1. The van der Waals surface area contributed by atoms with Crippen LogP contribution in [-0.2, 0) is 14.8 Å². The van der Waals surface area contributed by atoms with E-state index in [1.807, 2.05) is 6.92 Å². The lowest BCUT2D eigenvalue weighted by molar-refractivity contribution is -0.137. The average molecular weight is 277 g/mol. The van der Waals surface area contributed by atoms with Gasteiger partial charge in [0.15, 0.2) is 0 Å². The van der Waals surface area contributed by atoms with E-state index in [2.05, 4.69) is 0 Å². The van der Waals surface area contributed by atoms with E-state index in [9.17, 15) is 13.2 Å². The number of hydrogen-bond acceptors (Lipinski definition) is 4. The molecule has 0 radical (unpaired) electrons. The summed E-state index contributed by atoms with van der Waals surface area (Å²) in [6, 6.07) is 0. The standard InChI is InChI=1S/C11H23N3O3S/c1-4-5-11(2,12)10(15)13-6-8-14(9-7-13)18(3,16)17/h4-9,12H2,1-3H3. The number of hydrogen-bond donors (Lipinski definition) is 1. The third kappa shape index (κ3) is 3.66. The molecule has 0 aliphatic carbocycles. The van der Waals surface area contributed by atoms with Crippen molar-refractivity contribution in [3.63, 3.8) is 0 Å². The number of sulfonamides is 1. The molecule has 18 heavy (non-hydrogen) atoms. The van der Waals surface area contributed by atoms with Crippen LogP contribution in [0, 0.1) is 0 Å². The van der Waals surface area contributed by atoms with Gasteiger partial charge in [-0.25, -0.2) is 8.42 Å². The summed E-state index contributed by atoms with van der Waals surface area (Å²) in [6.07, 6.45) is 2.68. The van der Waals surface area contributed by atoms with Crippen molar-refractivity contribution in [1.82, 2.24) is 9.21 Å². The van der Waals surface area contributed by atoms with Crippen LogP contribution in [0.25, 0.3) is 0 Å². The van der Waals surface area contributed by atoms with Crippen LogP contribution in [0.1, 0.15) is 26.7 Å². The minimum Gasteiger partial charge on any atom is -0.338 e. The van der Waals surface area contributed by atoms with Gasteiger partial charge in [-0.1, -0.05) is 13.3 Å². The molecule has 1 unspecified atom stereocenters. The van der Waals surface area contributed by atoms with E-state index in [1.165, 1.54) is 10.6 Å². The minimum absolute atomic E-state index is 0.0856. The lowest BCUT2D eigenvalue weighted by Crippen LogP contribution is -2.58. The minimum atomic E-state index is -3.16. The molecule has 1 fully saturated rings. The Balaban J connectivity index is 2.61. The highest BCUT2D eigenvalue weighted by atomic mass is 32.2. The first-order valence-corrected chi connectivity index (χ1v) is 8.06. The number of nitrogens with zero attached hydrogens (tertiary/aromatic N) is 2. The lowest BCUT2D eigenvalue weighted by atomic mass is 9.95. The molecule has 1 heterocycles. The molecular weight excluding hydrogens is 254 g/mol. The molecule has 0 aromatic rings. The molecule has 0 bridgehead atoms. The van der Waals surface area contributed by atoms with E-state index in [4.69, 9.17) is 5.73 Å². The molecule has 0 aromatic carbocycles. The molecule has 0 aromatic heterocycles. The Morgan fingerprint density at radius 2 is 1.78 bits per heavy atom. The summed E-state index contributed by atoms with van der Waals surface area (Å²) in [5.74, 6) is -0.0856. The third-order valence-corrected chi connectivity index (χ3v) is 4.56. The summed E-state index contributed by atoms with van der Waals surface area (Å²) >= 11 is 0. The number of carbonyl (C=O) groups is 1. The highest BCUT2D eigenvalue weighted by Gasteiger charge is 2.34. The molecule has 2 N–H and O–H groups in total. The van der Waals surface area contributed by atoms with Crippen molar-refractivity contribution in [2.75, 3.05) is 32.4 Å². The Morgan fingerprint density at radius 3 is 2.17 bits per heavy atom. The van der Waals surface area contributed by atoms with Gasteiger partial charge in [-0.2, -0.15) is 4.31 Å². The van der Waals surface area contributed by atoms with Crippen molar-refractivity contribution < 1.29 is 13.2 Å². The third-order valence-electron chi connectivity index (χ3n) is 3.25. The molecule has 1 amide bonds. The maximum atomic E-state index is 12.2. The number of carbonyl (C=O) groups excluding carboxylic acids is 1. The van der Waals surface area contributed by atoms with Crippen molar-refractivity contribution in [2.24, 2.45) is 5.73 Å². The fourth-order valence-electron chi connectivity index (χ4n) is 2.21. The summed E-state index contributed by atoms with van der Waals surface area (Å²) in [4.78, 5) is 13.9. The molecule has 1 rings (SSSR count). The second-order valence-corrected chi connectivity index (χ2v) is 7.10. The summed E-state index contributed by atoms with van der Waals surface area (Å²) in [5.41, 5.74) is 5.15. The molecule has 1 saturated heterocycles. The monoisotopic (exact) mass is 277 g/mol. The Bertz CT molecular complexity index is 398. The van der Waals surface area contributed by atoms with E-state index in [1.54, 1.807) is 11.8 Å². The Labute approximate surface area is 109 Å². The molecule has 6 nitrogen and oxygen atoms in total. The van der Waals surface area contributed by atoms with Crippen molar-refractivity contribution in [3.8, 4) is 0 Å². The van der Waals surface area contributed by atoms with Crippen molar-refractivity contribution >= 4 is 15.9 Å². The largest absolute Gasteiger partial charge is 0.338 e. The highest BCUT2D eigenvalue weighted by Crippen LogP contribution is 2.15.